The van der Waals surface area contributed by atoms with Crippen molar-refractivity contribution in [1.82, 2.24) is 14.9 Å². The van der Waals surface area contributed by atoms with Crippen LogP contribution in [0.4, 0.5) is 5.82 Å². The van der Waals surface area contributed by atoms with Crippen LogP contribution in [0, 0.1) is 0 Å². The summed E-state index contributed by atoms with van der Waals surface area (Å²) >= 11 is 0. The van der Waals surface area contributed by atoms with Gasteiger partial charge in [-0.1, -0.05) is 18.2 Å². The molecule has 120 valence electrons. The maximum atomic E-state index is 5.93. The molecule has 1 aromatic carbocycles. The molecule has 3 heterocycles. The first-order chi connectivity index (χ1) is 11.2. The Kier molecular flexibility index (Phi) is 3.65. The van der Waals surface area contributed by atoms with E-state index in [0.717, 1.165) is 36.8 Å². The molecular weight excluding hydrogens is 288 g/mol. The molecule has 0 radical (unpaired) electrons. The van der Waals surface area contributed by atoms with Gasteiger partial charge in [0.2, 0.25) is 0 Å². The number of likely N-dealkylation sites (N-methyl/N-ethyl adjacent to an activating group) is 1. The molecular formula is C18H22N4O. The lowest BCUT2D eigenvalue weighted by Crippen LogP contribution is -2.32. The molecule has 0 amide bonds. The number of hydrogen-bond donors (Lipinski definition) is 0. The van der Waals surface area contributed by atoms with Crippen molar-refractivity contribution in [2.45, 2.75) is 25.5 Å². The lowest BCUT2D eigenvalue weighted by molar-refractivity contribution is 0.302. The molecule has 0 bridgehead atoms. The lowest BCUT2D eigenvalue weighted by Gasteiger charge is -2.23. The van der Waals surface area contributed by atoms with E-state index >= 15 is 0 Å². The summed E-state index contributed by atoms with van der Waals surface area (Å²) in [6.45, 7) is 2.60. The number of benzene rings is 1. The van der Waals surface area contributed by atoms with E-state index in [9.17, 15) is 0 Å². The van der Waals surface area contributed by atoms with Crippen LogP contribution in [0.3, 0.4) is 0 Å². The van der Waals surface area contributed by atoms with Gasteiger partial charge >= 0.3 is 0 Å². The summed E-state index contributed by atoms with van der Waals surface area (Å²) in [6.07, 6.45) is 3.69. The normalized spacial score (nSPS) is 20.0. The van der Waals surface area contributed by atoms with Gasteiger partial charge in [-0.25, -0.2) is 9.97 Å². The van der Waals surface area contributed by atoms with Gasteiger partial charge in [0.15, 0.2) is 0 Å². The molecule has 0 unspecified atom stereocenters. The van der Waals surface area contributed by atoms with Crippen LogP contribution in [-0.2, 0) is 13.0 Å². The van der Waals surface area contributed by atoms with Gasteiger partial charge in [0.1, 0.15) is 24.5 Å². The molecule has 0 aliphatic carbocycles. The molecule has 1 saturated heterocycles. The molecule has 5 nitrogen and oxygen atoms in total. The van der Waals surface area contributed by atoms with Crippen molar-refractivity contribution >= 4 is 5.82 Å². The third-order valence-corrected chi connectivity index (χ3v) is 4.91. The van der Waals surface area contributed by atoms with Crippen LogP contribution in [0.25, 0.3) is 0 Å². The zero-order chi connectivity index (χ0) is 15.8. The Hall–Kier alpha value is -2.14. The Balaban J connectivity index is 1.69. The van der Waals surface area contributed by atoms with E-state index < -0.39 is 0 Å². The van der Waals surface area contributed by atoms with E-state index in [1.54, 1.807) is 6.33 Å². The Bertz CT molecular complexity index is 716. The van der Waals surface area contributed by atoms with Gasteiger partial charge in [-0.3, -0.25) is 0 Å². The summed E-state index contributed by atoms with van der Waals surface area (Å²) in [6, 6.07) is 8.84. The molecule has 0 spiro atoms. The second-order valence-electron chi connectivity index (χ2n) is 6.55. The zero-order valence-electron chi connectivity index (χ0n) is 13.7. The molecule has 2 aliphatic rings. The van der Waals surface area contributed by atoms with Crippen molar-refractivity contribution in [2.24, 2.45) is 0 Å². The number of nitrogens with zero attached hydrogens (tertiary/aromatic N) is 4. The van der Waals surface area contributed by atoms with Crippen LogP contribution in [0.1, 0.15) is 23.2 Å². The van der Waals surface area contributed by atoms with Crippen molar-refractivity contribution in [3.05, 3.63) is 47.4 Å². The molecule has 0 N–H and O–H groups in total. The Morgan fingerprint density at radius 3 is 2.91 bits per heavy atom. The molecule has 5 heteroatoms. The summed E-state index contributed by atoms with van der Waals surface area (Å²) in [5.41, 5.74) is 3.45. The topological polar surface area (TPSA) is 41.5 Å². The van der Waals surface area contributed by atoms with E-state index in [-0.39, 0.29) is 0 Å². The fourth-order valence-electron chi connectivity index (χ4n) is 3.50. The van der Waals surface area contributed by atoms with Crippen LogP contribution < -0.4 is 9.64 Å². The SMILES string of the molecule is CN(C)[C@H]1CCN(c2ncnc3c2Cc2ccccc2OC3)C1. The molecule has 4 rings (SSSR count). The molecule has 23 heavy (non-hydrogen) atoms. The molecule has 2 aromatic rings. The first-order valence-electron chi connectivity index (χ1n) is 8.17. The predicted molar refractivity (Wildman–Crippen MR) is 89.9 cm³/mol. The van der Waals surface area contributed by atoms with Gasteiger partial charge in [-0.15, -0.1) is 0 Å². The van der Waals surface area contributed by atoms with E-state index in [1.165, 1.54) is 17.5 Å². The molecule has 0 saturated carbocycles. The van der Waals surface area contributed by atoms with Gasteiger partial charge in [-0.05, 0) is 32.1 Å². The van der Waals surface area contributed by atoms with E-state index in [0.29, 0.717) is 12.6 Å². The first-order valence-corrected chi connectivity index (χ1v) is 8.17. The van der Waals surface area contributed by atoms with Gasteiger partial charge in [0.05, 0.1) is 5.69 Å². The van der Waals surface area contributed by atoms with Crippen LogP contribution >= 0.6 is 0 Å². The largest absolute Gasteiger partial charge is 0.487 e. The van der Waals surface area contributed by atoms with Crippen molar-refractivity contribution in [1.29, 1.82) is 0 Å². The van der Waals surface area contributed by atoms with E-state index in [1.807, 2.05) is 12.1 Å². The van der Waals surface area contributed by atoms with Crippen molar-refractivity contribution in [3.8, 4) is 5.75 Å². The van der Waals surface area contributed by atoms with Gasteiger partial charge in [-0.2, -0.15) is 0 Å². The quantitative estimate of drug-likeness (QED) is 0.850. The molecule has 2 aliphatic heterocycles. The zero-order valence-corrected chi connectivity index (χ0v) is 13.7. The summed E-state index contributed by atoms with van der Waals surface area (Å²) < 4.78 is 5.93. The summed E-state index contributed by atoms with van der Waals surface area (Å²) in [5, 5.41) is 0. The fraction of sp³-hybridized carbons (Fsp3) is 0.444. The maximum Gasteiger partial charge on any atom is 0.135 e. The third kappa shape index (κ3) is 2.65. The number of ether oxygens (including phenoxy) is 1. The summed E-state index contributed by atoms with van der Waals surface area (Å²) in [4.78, 5) is 13.8. The minimum Gasteiger partial charge on any atom is -0.487 e. The minimum absolute atomic E-state index is 0.521. The van der Waals surface area contributed by atoms with Crippen LogP contribution in [0.2, 0.25) is 0 Å². The van der Waals surface area contributed by atoms with E-state index in [2.05, 4.69) is 46.0 Å². The highest BCUT2D eigenvalue weighted by atomic mass is 16.5. The average Bonchev–Trinajstić information content (AvgIpc) is 2.97. The Labute approximate surface area is 136 Å². The van der Waals surface area contributed by atoms with Crippen LogP contribution in [-0.4, -0.2) is 48.1 Å². The van der Waals surface area contributed by atoms with Gasteiger partial charge in [0.25, 0.3) is 0 Å². The number of aromatic nitrogens is 2. The second kappa shape index (κ2) is 5.81. The van der Waals surface area contributed by atoms with Crippen LogP contribution in [0.15, 0.2) is 30.6 Å². The minimum atomic E-state index is 0.521. The van der Waals surface area contributed by atoms with Gasteiger partial charge in [0, 0.05) is 31.1 Å². The highest BCUT2D eigenvalue weighted by Crippen LogP contribution is 2.32. The average molecular weight is 310 g/mol. The highest BCUT2D eigenvalue weighted by Gasteiger charge is 2.28. The number of anilines is 1. The molecule has 1 fully saturated rings. The number of hydrogen-bond acceptors (Lipinski definition) is 5. The molecule has 1 aromatic heterocycles. The standard InChI is InChI=1S/C18H22N4O/c1-21(2)14-7-8-22(10-14)18-15-9-13-5-3-4-6-17(13)23-11-16(15)19-12-20-18/h3-6,12,14H,7-11H2,1-2H3/t14-/m0/s1. The first kappa shape index (κ1) is 14.5. The smallest absolute Gasteiger partial charge is 0.135 e. The Morgan fingerprint density at radius 1 is 1.22 bits per heavy atom. The third-order valence-electron chi connectivity index (χ3n) is 4.91. The Morgan fingerprint density at radius 2 is 2.09 bits per heavy atom. The van der Waals surface area contributed by atoms with Crippen molar-refractivity contribution in [2.75, 3.05) is 32.1 Å². The van der Waals surface area contributed by atoms with Crippen LogP contribution in [0.5, 0.6) is 5.75 Å². The second-order valence-corrected chi connectivity index (χ2v) is 6.55. The maximum absolute atomic E-state index is 5.93. The fourth-order valence-corrected chi connectivity index (χ4v) is 3.50. The highest BCUT2D eigenvalue weighted by molar-refractivity contribution is 5.54. The summed E-state index contributed by atoms with van der Waals surface area (Å²) in [7, 11) is 4.30. The summed E-state index contributed by atoms with van der Waals surface area (Å²) in [5.74, 6) is 2.05. The van der Waals surface area contributed by atoms with Crippen molar-refractivity contribution < 1.29 is 4.74 Å². The molecule has 1 atom stereocenters. The number of fused-ring (bicyclic) bond motifs is 2. The predicted octanol–water partition coefficient (Wildman–Crippen LogP) is 2.10. The van der Waals surface area contributed by atoms with Gasteiger partial charge < -0.3 is 14.5 Å². The number of para-hydroxylation sites is 1. The lowest BCUT2D eigenvalue weighted by atomic mass is 10.0. The number of rotatable bonds is 2. The monoisotopic (exact) mass is 310 g/mol. The van der Waals surface area contributed by atoms with Crippen molar-refractivity contribution in [3.63, 3.8) is 0 Å². The van der Waals surface area contributed by atoms with E-state index in [4.69, 9.17) is 4.74 Å².